The summed E-state index contributed by atoms with van der Waals surface area (Å²) in [6, 6.07) is 16.5. The first-order valence-electron chi connectivity index (χ1n) is 12.3. The number of aryl methyl sites for hydroxylation is 1. The molecule has 0 radical (unpaired) electrons. The van der Waals surface area contributed by atoms with Gasteiger partial charge in [0, 0.05) is 40.5 Å². The van der Waals surface area contributed by atoms with Gasteiger partial charge in [-0.05, 0) is 55.5 Å². The van der Waals surface area contributed by atoms with Crippen LogP contribution in [0, 0.1) is 40.5 Å². The Morgan fingerprint density at radius 3 is 1.33 bits per heavy atom. The molecule has 0 fully saturated rings. The molecule has 0 spiro atoms. The molecule has 0 aliphatic heterocycles. The summed E-state index contributed by atoms with van der Waals surface area (Å²) in [5.41, 5.74) is 0.0498. The largest absolute Gasteiger partial charge is 0.341 e. The van der Waals surface area contributed by atoms with Crippen LogP contribution < -0.4 is 0 Å². The molecule has 43 heavy (non-hydrogen) atoms. The fourth-order valence-corrected chi connectivity index (χ4v) is 4.48. The van der Waals surface area contributed by atoms with Crippen LogP contribution in [-0.4, -0.2) is 24.3 Å². The first-order valence-corrected chi connectivity index (χ1v) is 12.3. The van der Waals surface area contributed by atoms with Gasteiger partial charge in [-0.25, -0.2) is 0 Å². The zero-order valence-electron chi connectivity index (χ0n) is 21.9. The predicted molar refractivity (Wildman–Crippen MR) is 153 cm³/mol. The SMILES string of the molecule is CCn1c2ccc(N=Nc3ccc([N+](=O)[O-])cc3[N+](=O)[O-])cc2c2cc(N=Nc3ccc([N+](=O)[O-])cc3[N+](=O)[O-])ccc21. The van der Waals surface area contributed by atoms with Crippen molar-refractivity contribution >= 4 is 67.3 Å². The van der Waals surface area contributed by atoms with Crippen molar-refractivity contribution in [2.75, 3.05) is 0 Å². The Hall–Kier alpha value is -6.52. The third-order valence-electron chi connectivity index (χ3n) is 6.43. The molecule has 5 rings (SSSR count). The summed E-state index contributed by atoms with van der Waals surface area (Å²) < 4.78 is 2.04. The molecule has 0 amide bonds. The highest BCUT2D eigenvalue weighted by Crippen LogP contribution is 2.37. The number of non-ortho nitro benzene ring substituents is 2. The van der Waals surface area contributed by atoms with E-state index in [0.717, 1.165) is 58.2 Å². The highest BCUT2D eigenvalue weighted by Gasteiger charge is 2.21. The van der Waals surface area contributed by atoms with Crippen LogP contribution in [0.1, 0.15) is 6.92 Å². The number of benzene rings is 4. The van der Waals surface area contributed by atoms with E-state index in [1.165, 1.54) is 0 Å². The van der Waals surface area contributed by atoms with E-state index in [0.29, 0.717) is 17.9 Å². The third-order valence-corrected chi connectivity index (χ3v) is 6.43. The second-order valence-corrected chi connectivity index (χ2v) is 8.92. The van der Waals surface area contributed by atoms with Crippen molar-refractivity contribution in [1.29, 1.82) is 0 Å². The standard InChI is InChI=1S/C26H17N9O8/c1-2-31-23-9-3-15(27-29-21-7-5-17(32(36)37)13-25(21)34(40)41)11-19(23)20-12-16(4-10-24(20)31)28-30-22-8-6-18(33(38)39)14-26(22)35(42)43/h3-14H,2H2,1H3. The molecule has 17 heteroatoms. The van der Waals surface area contributed by atoms with Crippen LogP contribution in [0.4, 0.5) is 45.5 Å². The molecule has 0 bridgehead atoms. The van der Waals surface area contributed by atoms with Crippen molar-refractivity contribution in [3.63, 3.8) is 0 Å². The number of nitro benzene ring substituents is 4. The summed E-state index contributed by atoms with van der Waals surface area (Å²) in [5, 5.41) is 62.5. The van der Waals surface area contributed by atoms with Crippen LogP contribution in [-0.2, 0) is 6.54 Å². The number of hydrogen-bond donors (Lipinski definition) is 0. The average Bonchev–Trinajstić information content (AvgIpc) is 3.30. The van der Waals surface area contributed by atoms with E-state index in [-0.39, 0.29) is 11.4 Å². The van der Waals surface area contributed by atoms with E-state index < -0.39 is 42.4 Å². The molecule has 214 valence electrons. The molecule has 0 unspecified atom stereocenters. The van der Waals surface area contributed by atoms with Gasteiger partial charge in [0.15, 0.2) is 11.4 Å². The summed E-state index contributed by atoms with van der Waals surface area (Å²) in [5.74, 6) is 0. The number of nitro groups is 4. The quantitative estimate of drug-likeness (QED) is 0.0928. The maximum atomic E-state index is 11.4. The Morgan fingerprint density at radius 1 is 0.558 bits per heavy atom. The summed E-state index contributed by atoms with van der Waals surface area (Å²) in [6.07, 6.45) is 0. The Kier molecular flexibility index (Phi) is 7.27. The molecule has 0 atom stereocenters. The fraction of sp³-hybridized carbons (Fsp3) is 0.0769. The van der Waals surface area contributed by atoms with Crippen molar-refractivity contribution in [3.05, 3.63) is 113 Å². The van der Waals surface area contributed by atoms with Gasteiger partial charge in [-0.2, -0.15) is 10.2 Å². The number of hydrogen-bond acceptors (Lipinski definition) is 12. The molecular formula is C26H17N9O8. The molecule has 1 aromatic heterocycles. The van der Waals surface area contributed by atoms with E-state index in [4.69, 9.17) is 0 Å². The van der Waals surface area contributed by atoms with Gasteiger partial charge in [0.1, 0.15) is 0 Å². The lowest BCUT2D eigenvalue weighted by Gasteiger charge is -2.03. The lowest BCUT2D eigenvalue weighted by atomic mass is 10.1. The third kappa shape index (κ3) is 5.44. The molecule has 0 saturated carbocycles. The molecule has 17 nitrogen and oxygen atoms in total. The van der Waals surface area contributed by atoms with Crippen molar-refractivity contribution in [2.24, 2.45) is 20.5 Å². The first kappa shape index (κ1) is 28.0. The molecule has 0 saturated heterocycles. The summed E-state index contributed by atoms with van der Waals surface area (Å²) in [4.78, 5) is 41.8. The van der Waals surface area contributed by atoms with E-state index in [2.05, 4.69) is 20.5 Å². The molecular weight excluding hydrogens is 566 g/mol. The second kappa shape index (κ2) is 11.2. The Bertz CT molecular complexity index is 1910. The Labute approximate surface area is 239 Å². The second-order valence-electron chi connectivity index (χ2n) is 8.92. The minimum Gasteiger partial charge on any atom is -0.341 e. The number of nitrogens with zero attached hydrogens (tertiary/aromatic N) is 9. The van der Waals surface area contributed by atoms with E-state index >= 15 is 0 Å². The summed E-state index contributed by atoms with van der Waals surface area (Å²) in [6.45, 7) is 2.58. The number of rotatable bonds is 9. The maximum absolute atomic E-state index is 11.4. The van der Waals surface area contributed by atoms with Crippen LogP contribution in [0.3, 0.4) is 0 Å². The van der Waals surface area contributed by atoms with Gasteiger partial charge < -0.3 is 4.57 Å². The zero-order chi connectivity index (χ0) is 30.8. The monoisotopic (exact) mass is 583 g/mol. The molecule has 0 N–H and O–H groups in total. The van der Waals surface area contributed by atoms with Gasteiger partial charge in [-0.3, -0.25) is 40.5 Å². The maximum Gasteiger partial charge on any atom is 0.303 e. The topological polar surface area (TPSA) is 227 Å². The van der Waals surface area contributed by atoms with E-state index in [9.17, 15) is 40.5 Å². The Balaban J connectivity index is 1.55. The highest BCUT2D eigenvalue weighted by molar-refractivity contribution is 6.09. The van der Waals surface area contributed by atoms with Gasteiger partial charge in [0.2, 0.25) is 0 Å². The summed E-state index contributed by atoms with van der Waals surface area (Å²) >= 11 is 0. The minimum atomic E-state index is -0.777. The number of aromatic nitrogens is 1. The lowest BCUT2D eigenvalue weighted by Crippen LogP contribution is -1.92. The van der Waals surface area contributed by atoms with Crippen molar-refractivity contribution < 1.29 is 19.7 Å². The molecule has 0 aliphatic carbocycles. The summed E-state index contributed by atoms with van der Waals surface area (Å²) in [7, 11) is 0. The average molecular weight is 583 g/mol. The smallest absolute Gasteiger partial charge is 0.303 e. The van der Waals surface area contributed by atoms with Gasteiger partial charge in [-0.1, -0.05) is 0 Å². The van der Waals surface area contributed by atoms with Crippen LogP contribution in [0.15, 0.2) is 93.3 Å². The molecule has 5 aromatic rings. The molecule has 1 heterocycles. The van der Waals surface area contributed by atoms with Crippen molar-refractivity contribution in [3.8, 4) is 0 Å². The Morgan fingerprint density at radius 2 is 0.977 bits per heavy atom. The van der Waals surface area contributed by atoms with E-state index in [1.54, 1.807) is 36.4 Å². The van der Waals surface area contributed by atoms with Crippen LogP contribution >= 0.6 is 0 Å². The minimum absolute atomic E-state index is 0.158. The van der Waals surface area contributed by atoms with Gasteiger partial charge >= 0.3 is 11.4 Å². The lowest BCUT2D eigenvalue weighted by molar-refractivity contribution is -0.394. The van der Waals surface area contributed by atoms with Crippen molar-refractivity contribution in [2.45, 2.75) is 13.5 Å². The van der Waals surface area contributed by atoms with Crippen LogP contribution in [0.25, 0.3) is 21.8 Å². The molecule has 0 aliphatic rings. The predicted octanol–water partition coefficient (Wildman–Crippen LogP) is 8.28. The highest BCUT2D eigenvalue weighted by atomic mass is 16.6. The van der Waals surface area contributed by atoms with Gasteiger partial charge in [0.25, 0.3) is 11.4 Å². The van der Waals surface area contributed by atoms with Crippen molar-refractivity contribution in [1.82, 2.24) is 4.57 Å². The van der Waals surface area contributed by atoms with E-state index in [1.807, 2.05) is 11.5 Å². The fourth-order valence-electron chi connectivity index (χ4n) is 4.48. The van der Waals surface area contributed by atoms with Crippen LogP contribution in [0.5, 0.6) is 0 Å². The van der Waals surface area contributed by atoms with Gasteiger partial charge in [0.05, 0.1) is 43.2 Å². The number of fused-ring (bicyclic) bond motifs is 3. The number of azo groups is 2. The zero-order valence-corrected chi connectivity index (χ0v) is 21.9. The normalized spacial score (nSPS) is 11.6. The van der Waals surface area contributed by atoms with Crippen LogP contribution in [0.2, 0.25) is 0 Å². The van der Waals surface area contributed by atoms with Gasteiger partial charge in [-0.15, -0.1) is 10.2 Å². The molecule has 4 aromatic carbocycles. The first-order chi connectivity index (χ1) is 20.6.